The molecule has 0 bridgehead atoms. The summed E-state index contributed by atoms with van der Waals surface area (Å²) in [5.74, 6) is 0.277. The largest absolute Gasteiger partial charge is 0.382 e. The molecule has 0 saturated carbocycles. The van der Waals surface area contributed by atoms with Crippen LogP contribution in [-0.4, -0.2) is 38.8 Å². The van der Waals surface area contributed by atoms with E-state index in [1.54, 1.807) is 17.8 Å². The van der Waals surface area contributed by atoms with Gasteiger partial charge >= 0.3 is 0 Å². The summed E-state index contributed by atoms with van der Waals surface area (Å²) in [6.07, 6.45) is 4.40. The van der Waals surface area contributed by atoms with Crippen molar-refractivity contribution in [2.75, 3.05) is 25.1 Å². The molecule has 1 unspecified atom stereocenters. The van der Waals surface area contributed by atoms with E-state index in [0.717, 1.165) is 45.8 Å². The first-order chi connectivity index (χ1) is 15.1. The minimum Gasteiger partial charge on any atom is -0.382 e. The number of thioether (sulfide) groups is 1. The van der Waals surface area contributed by atoms with Crippen LogP contribution in [0.3, 0.4) is 0 Å². The number of rotatable bonds is 5. The lowest BCUT2D eigenvalue weighted by atomic mass is 10.0. The number of para-hydroxylation sites is 1. The first-order valence-corrected chi connectivity index (χ1v) is 11.9. The number of likely N-dealkylation sites (tertiary alicyclic amines) is 1. The zero-order valence-electron chi connectivity index (χ0n) is 17.8. The third kappa shape index (κ3) is 3.55. The van der Waals surface area contributed by atoms with E-state index in [1.807, 2.05) is 42.7 Å². The average Bonchev–Trinajstić information content (AvgIpc) is 3.43. The van der Waals surface area contributed by atoms with Gasteiger partial charge in [0.2, 0.25) is 0 Å². The number of halogens is 1. The van der Waals surface area contributed by atoms with Gasteiger partial charge in [0.15, 0.2) is 11.0 Å². The van der Waals surface area contributed by atoms with Gasteiger partial charge in [0.1, 0.15) is 11.3 Å². The van der Waals surface area contributed by atoms with E-state index in [4.69, 9.17) is 10.7 Å². The summed E-state index contributed by atoms with van der Waals surface area (Å²) < 4.78 is 17.2. The molecule has 1 saturated heterocycles. The fraction of sp³-hybridized carbons (Fsp3) is 0.333. The summed E-state index contributed by atoms with van der Waals surface area (Å²) in [6.45, 7) is 4.87. The summed E-state index contributed by atoms with van der Waals surface area (Å²) in [6, 6.07) is 13.5. The Labute approximate surface area is 185 Å². The van der Waals surface area contributed by atoms with Gasteiger partial charge < -0.3 is 10.3 Å². The summed E-state index contributed by atoms with van der Waals surface area (Å²) in [5.41, 5.74) is 10.4. The van der Waals surface area contributed by atoms with Crippen LogP contribution in [0, 0.1) is 5.82 Å². The van der Waals surface area contributed by atoms with Crippen LogP contribution in [0.2, 0.25) is 0 Å². The maximum atomic E-state index is 15.0. The summed E-state index contributed by atoms with van der Waals surface area (Å²) in [5, 5.41) is 1.84. The summed E-state index contributed by atoms with van der Waals surface area (Å²) in [4.78, 5) is 11.6. The van der Waals surface area contributed by atoms with Gasteiger partial charge in [-0.3, -0.25) is 4.90 Å². The topological polar surface area (TPSA) is 60.0 Å². The van der Waals surface area contributed by atoms with Gasteiger partial charge in [-0.05, 0) is 56.8 Å². The number of nitrogen functional groups attached to an aromatic ring is 1. The van der Waals surface area contributed by atoms with Crippen molar-refractivity contribution < 1.29 is 4.39 Å². The van der Waals surface area contributed by atoms with Crippen molar-refractivity contribution in [2.45, 2.75) is 37.5 Å². The van der Waals surface area contributed by atoms with Crippen LogP contribution in [0.25, 0.3) is 21.9 Å². The number of hydrogen-bond acceptors (Lipinski definition) is 5. The Balaban J connectivity index is 1.61. The van der Waals surface area contributed by atoms with Crippen molar-refractivity contribution in [3.05, 3.63) is 59.4 Å². The third-order valence-corrected chi connectivity index (χ3v) is 6.90. The SMILES string of the molecule is CSc1nc2c(N)nc3ccccc3c2n1C(C)c1ccc(CN2CCCC2)c(F)c1. The molecule has 0 aliphatic carbocycles. The molecule has 4 aromatic rings. The molecule has 2 aromatic carbocycles. The molecule has 0 amide bonds. The van der Waals surface area contributed by atoms with Crippen LogP contribution in [0.1, 0.15) is 36.9 Å². The molecule has 5 rings (SSSR count). The summed E-state index contributed by atoms with van der Waals surface area (Å²) >= 11 is 1.56. The molecule has 31 heavy (non-hydrogen) atoms. The Morgan fingerprint density at radius 2 is 1.90 bits per heavy atom. The van der Waals surface area contributed by atoms with Gasteiger partial charge in [0.05, 0.1) is 17.1 Å². The number of nitrogens with zero attached hydrogens (tertiary/aromatic N) is 4. The Bertz CT molecular complexity index is 1260. The molecule has 7 heteroatoms. The van der Waals surface area contributed by atoms with E-state index < -0.39 is 0 Å². The number of pyridine rings is 1. The lowest BCUT2D eigenvalue weighted by Crippen LogP contribution is -2.19. The molecule has 0 spiro atoms. The quantitative estimate of drug-likeness (QED) is 0.435. The van der Waals surface area contributed by atoms with Crippen molar-refractivity contribution >= 4 is 39.5 Å². The molecule has 160 valence electrons. The maximum Gasteiger partial charge on any atom is 0.169 e. The highest BCUT2D eigenvalue weighted by atomic mass is 32.2. The first-order valence-electron chi connectivity index (χ1n) is 10.7. The number of nitrogens with two attached hydrogens (primary N) is 1. The van der Waals surface area contributed by atoms with Crippen molar-refractivity contribution in [3.63, 3.8) is 0 Å². The lowest BCUT2D eigenvalue weighted by molar-refractivity contribution is 0.325. The van der Waals surface area contributed by atoms with Crippen LogP contribution in [0.4, 0.5) is 10.2 Å². The average molecular weight is 436 g/mol. The molecule has 1 atom stereocenters. The summed E-state index contributed by atoms with van der Waals surface area (Å²) in [7, 11) is 0. The maximum absolute atomic E-state index is 15.0. The molecular formula is C24H26FN5S. The van der Waals surface area contributed by atoms with Gasteiger partial charge in [-0.15, -0.1) is 0 Å². The van der Waals surface area contributed by atoms with Gasteiger partial charge in [0, 0.05) is 17.5 Å². The van der Waals surface area contributed by atoms with E-state index in [-0.39, 0.29) is 11.9 Å². The van der Waals surface area contributed by atoms with Crippen molar-refractivity contribution in [3.8, 4) is 0 Å². The Kier molecular flexibility index (Phi) is 5.32. The highest BCUT2D eigenvalue weighted by molar-refractivity contribution is 7.98. The van der Waals surface area contributed by atoms with Gasteiger partial charge in [-0.1, -0.05) is 42.1 Å². The third-order valence-electron chi connectivity index (χ3n) is 6.24. The van der Waals surface area contributed by atoms with E-state index in [1.165, 1.54) is 12.8 Å². The van der Waals surface area contributed by atoms with Crippen LogP contribution in [0.15, 0.2) is 47.6 Å². The zero-order chi connectivity index (χ0) is 21.5. The number of anilines is 1. The predicted octanol–water partition coefficient (Wildman–Crippen LogP) is 5.23. The Morgan fingerprint density at radius 3 is 2.65 bits per heavy atom. The first kappa shape index (κ1) is 20.3. The molecule has 3 heterocycles. The molecule has 2 N–H and O–H groups in total. The van der Waals surface area contributed by atoms with Crippen LogP contribution in [0.5, 0.6) is 0 Å². The molecule has 1 aliphatic rings. The molecule has 5 nitrogen and oxygen atoms in total. The van der Waals surface area contributed by atoms with Crippen molar-refractivity contribution in [1.29, 1.82) is 0 Å². The highest BCUT2D eigenvalue weighted by Gasteiger charge is 2.22. The number of fused-ring (bicyclic) bond motifs is 3. The van der Waals surface area contributed by atoms with E-state index in [0.29, 0.717) is 17.9 Å². The zero-order valence-corrected chi connectivity index (χ0v) is 18.6. The second kappa shape index (κ2) is 8.13. The number of benzene rings is 2. The molecule has 1 aliphatic heterocycles. The molecule has 2 aromatic heterocycles. The Hall–Kier alpha value is -2.64. The van der Waals surface area contributed by atoms with Gasteiger partial charge in [-0.2, -0.15) is 0 Å². The van der Waals surface area contributed by atoms with Crippen molar-refractivity contribution in [2.24, 2.45) is 0 Å². The lowest BCUT2D eigenvalue weighted by Gasteiger charge is -2.20. The number of imidazole rings is 1. The van der Waals surface area contributed by atoms with Crippen LogP contribution >= 0.6 is 11.8 Å². The molecular weight excluding hydrogens is 409 g/mol. The number of aromatic nitrogens is 3. The van der Waals surface area contributed by atoms with Crippen molar-refractivity contribution in [1.82, 2.24) is 19.4 Å². The van der Waals surface area contributed by atoms with Gasteiger partial charge in [-0.25, -0.2) is 14.4 Å². The fourth-order valence-electron chi connectivity index (χ4n) is 4.59. The fourth-order valence-corrected chi connectivity index (χ4v) is 5.22. The standard InChI is InChI=1S/C24H26FN5S/c1-15(16-9-10-17(19(25)13-16)14-29-11-5-6-12-29)30-22-18-7-3-4-8-20(18)27-23(26)21(22)28-24(30)31-2/h3-4,7-10,13,15H,5-6,11-12,14H2,1-2H3,(H2,26,27). The predicted molar refractivity (Wildman–Crippen MR) is 126 cm³/mol. The van der Waals surface area contributed by atoms with E-state index >= 15 is 4.39 Å². The highest BCUT2D eigenvalue weighted by Crippen LogP contribution is 2.36. The van der Waals surface area contributed by atoms with Crippen LogP contribution in [-0.2, 0) is 6.54 Å². The normalized spacial score (nSPS) is 15.8. The Morgan fingerprint density at radius 1 is 1.13 bits per heavy atom. The van der Waals surface area contributed by atoms with Crippen LogP contribution < -0.4 is 5.73 Å². The minimum atomic E-state index is -0.141. The number of hydrogen-bond donors (Lipinski definition) is 1. The smallest absolute Gasteiger partial charge is 0.169 e. The van der Waals surface area contributed by atoms with E-state index in [9.17, 15) is 0 Å². The van der Waals surface area contributed by atoms with E-state index in [2.05, 4.69) is 21.4 Å². The second-order valence-electron chi connectivity index (χ2n) is 8.19. The monoisotopic (exact) mass is 435 g/mol. The molecule has 0 radical (unpaired) electrons. The van der Waals surface area contributed by atoms with Gasteiger partial charge in [0.25, 0.3) is 0 Å². The minimum absolute atomic E-state index is 0.104. The second-order valence-corrected chi connectivity index (χ2v) is 8.96. The molecule has 1 fully saturated rings.